The maximum Gasteiger partial charge on any atom is 0.0314 e. The Hall–Kier alpha value is -0.630. The molecule has 1 fully saturated rings. The van der Waals surface area contributed by atoms with Gasteiger partial charge in [-0.05, 0) is 35.8 Å². The van der Waals surface area contributed by atoms with Crippen molar-refractivity contribution < 1.29 is 0 Å². The first-order valence-electron chi connectivity index (χ1n) is 5.60. The van der Waals surface area contributed by atoms with Crippen molar-refractivity contribution >= 4 is 17.4 Å². The molecule has 2 N–H and O–H groups in total. The highest BCUT2D eigenvalue weighted by atomic mass is 32.2. The number of rotatable bonds is 4. The van der Waals surface area contributed by atoms with Crippen LogP contribution in [0.3, 0.4) is 0 Å². The van der Waals surface area contributed by atoms with Crippen LogP contribution in [-0.4, -0.2) is 11.0 Å². The van der Waals surface area contributed by atoms with E-state index in [1.165, 1.54) is 24.2 Å². The topological polar surface area (TPSA) is 26.0 Å². The molecule has 0 amide bonds. The van der Waals surface area contributed by atoms with Gasteiger partial charge in [0.2, 0.25) is 0 Å². The summed E-state index contributed by atoms with van der Waals surface area (Å²) in [4.78, 5) is 0. The second-order valence-electron chi connectivity index (χ2n) is 4.76. The van der Waals surface area contributed by atoms with Gasteiger partial charge in [0, 0.05) is 16.9 Å². The van der Waals surface area contributed by atoms with Crippen molar-refractivity contribution in [3.63, 3.8) is 0 Å². The van der Waals surface area contributed by atoms with Crippen LogP contribution in [0.15, 0.2) is 24.3 Å². The Kier molecular flexibility index (Phi) is 2.96. The van der Waals surface area contributed by atoms with E-state index in [0.29, 0.717) is 5.41 Å². The SMILES string of the molecule is CC(C)SCC1(c2ccc(N)cc2)CC1. The molecular weight excluding hydrogens is 202 g/mol. The van der Waals surface area contributed by atoms with Gasteiger partial charge in [-0.3, -0.25) is 0 Å². The van der Waals surface area contributed by atoms with E-state index in [9.17, 15) is 0 Å². The van der Waals surface area contributed by atoms with E-state index in [-0.39, 0.29) is 0 Å². The minimum atomic E-state index is 0.475. The Morgan fingerprint density at radius 1 is 1.27 bits per heavy atom. The van der Waals surface area contributed by atoms with Crippen LogP contribution in [0, 0.1) is 0 Å². The zero-order valence-electron chi connectivity index (χ0n) is 9.49. The molecule has 0 spiro atoms. The van der Waals surface area contributed by atoms with Crippen molar-refractivity contribution in [2.24, 2.45) is 0 Å². The van der Waals surface area contributed by atoms with Crippen LogP contribution in [0.1, 0.15) is 32.3 Å². The Morgan fingerprint density at radius 2 is 1.87 bits per heavy atom. The second-order valence-corrected chi connectivity index (χ2v) is 6.33. The number of hydrogen-bond donors (Lipinski definition) is 1. The molecule has 1 aromatic rings. The summed E-state index contributed by atoms with van der Waals surface area (Å²) < 4.78 is 0. The minimum Gasteiger partial charge on any atom is -0.399 e. The fraction of sp³-hybridized carbons (Fsp3) is 0.538. The summed E-state index contributed by atoms with van der Waals surface area (Å²) in [6, 6.07) is 8.44. The summed E-state index contributed by atoms with van der Waals surface area (Å²) in [5, 5.41) is 0.733. The van der Waals surface area contributed by atoms with Gasteiger partial charge in [-0.15, -0.1) is 0 Å². The standard InChI is InChI=1S/C13H19NS/c1-10(2)15-9-13(7-8-13)11-3-5-12(14)6-4-11/h3-6,10H,7-9,14H2,1-2H3. The van der Waals surface area contributed by atoms with Gasteiger partial charge in [-0.2, -0.15) is 11.8 Å². The van der Waals surface area contributed by atoms with E-state index in [1.54, 1.807) is 0 Å². The second kappa shape index (κ2) is 4.09. The Morgan fingerprint density at radius 3 is 2.33 bits per heavy atom. The zero-order chi connectivity index (χ0) is 10.9. The van der Waals surface area contributed by atoms with Crippen LogP contribution in [0.5, 0.6) is 0 Å². The van der Waals surface area contributed by atoms with E-state index in [1.807, 2.05) is 12.1 Å². The van der Waals surface area contributed by atoms with Gasteiger partial charge in [0.15, 0.2) is 0 Å². The molecule has 82 valence electrons. The van der Waals surface area contributed by atoms with Crippen molar-refractivity contribution in [3.05, 3.63) is 29.8 Å². The van der Waals surface area contributed by atoms with Crippen molar-refractivity contribution in [2.75, 3.05) is 11.5 Å². The molecule has 1 aliphatic rings. The predicted molar refractivity (Wildman–Crippen MR) is 69.4 cm³/mol. The highest BCUT2D eigenvalue weighted by Crippen LogP contribution is 2.50. The lowest BCUT2D eigenvalue weighted by Crippen LogP contribution is -2.11. The van der Waals surface area contributed by atoms with Gasteiger partial charge in [0.1, 0.15) is 0 Å². The van der Waals surface area contributed by atoms with E-state index >= 15 is 0 Å². The first-order chi connectivity index (χ1) is 7.12. The molecule has 2 heteroatoms. The molecule has 0 radical (unpaired) electrons. The molecule has 0 unspecified atom stereocenters. The average molecular weight is 221 g/mol. The third kappa shape index (κ3) is 2.49. The molecule has 0 aliphatic heterocycles. The van der Waals surface area contributed by atoms with Crippen molar-refractivity contribution in [3.8, 4) is 0 Å². The molecule has 1 aliphatic carbocycles. The first-order valence-corrected chi connectivity index (χ1v) is 6.65. The smallest absolute Gasteiger partial charge is 0.0314 e. The third-order valence-electron chi connectivity index (χ3n) is 3.07. The Balaban J connectivity index is 2.06. The molecule has 15 heavy (non-hydrogen) atoms. The summed E-state index contributed by atoms with van der Waals surface area (Å²) in [6.07, 6.45) is 2.69. The number of thioether (sulfide) groups is 1. The molecular formula is C13H19NS. The summed E-state index contributed by atoms with van der Waals surface area (Å²) in [5.74, 6) is 1.26. The van der Waals surface area contributed by atoms with Crippen molar-refractivity contribution in [2.45, 2.75) is 37.4 Å². The van der Waals surface area contributed by atoms with Gasteiger partial charge in [-0.1, -0.05) is 26.0 Å². The third-order valence-corrected chi connectivity index (χ3v) is 4.46. The van der Waals surface area contributed by atoms with E-state index in [0.717, 1.165) is 10.9 Å². The maximum absolute atomic E-state index is 5.71. The van der Waals surface area contributed by atoms with Gasteiger partial charge in [0.05, 0.1) is 0 Å². The molecule has 0 aromatic heterocycles. The van der Waals surface area contributed by atoms with Crippen LogP contribution in [0.2, 0.25) is 0 Å². The van der Waals surface area contributed by atoms with Crippen LogP contribution < -0.4 is 5.73 Å². The van der Waals surface area contributed by atoms with Gasteiger partial charge < -0.3 is 5.73 Å². The fourth-order valence-electron chi connectivity index (χ4n) is 1.83. The predicted octanol–water partition coefficient (Wildman–Crippen LogP) is 3.44. The molecule has 1 nitrogen and oxygen atoms in total. The molecule has 1 saturated carbocycles. The van der Waals surface area contributed by atoms with E-state index in [2.05, 4.69) is 37.7 Å². The lowest BCUT2D eigenvalue weighted by molar-refractivity contribution is 0.800. The number of nitrogen functional groups attached to an aromatic ring is 1. The Labute approximate surface area is 96.4 Å². The lowest BCUT2D eigenvalue weighted by atomic mass is 9.98. The van der Waals surface area contributed by atoms with Crippen LogP contribution >= 0.6 is 11.8 Å². The summed E-state index contributed by atoms with van der Waals surface area (Å²) in [5.41, 5.74) is 8.53. The normalized spacial score (nSPS) is 18.1. The molecule has 2 rings (SSSR count). The van der Waals surface area contributed by atoms with Crippen molar-refractivity contribution in [1.29, 1.82) is 0 Å². The highest BCUT2D eigenvalue weighted by Gasteiger charge is 2.43. The summed E-state index contributed by atoms with van der Waals surface area (Å²) in [6.45, 7) is 4.54. The van der Waals surface area contributed by atoms with Gasteiger partial charge in [-0.25, -0.2) is 0 Å². The quantitative estimate of drug-likeness (QED) is 0.788. The van der Waals surface area contributed by atoms with Crippen molar-refractivity contribution in [1.82, 2.24) is 0 Å². The van der Waals surface area contributed by atoms with Crippen LogP contribution in [0.25, 0.3) is 0 Å². The molecule has 0 atom stereocenters. The number of benzene rings is 1. The number of nitrogens with two attached hydrogens (primary N) is 1. The van der Waals surface area contributed by atoms with Gasteiger partial charge >= 0.3 is 0 Å². The van der Waals surface area contributed by atoms with E-state index < -0.39 is 0 Å². The zero-order valence-corrected chi connectivity index (χ0v) is 10.3. The van der Waals surface area contributed by atoms with Crippen LogP contribution in [-0.2, 0) is 5.41 Å². The molecule has 1 aromatic carbocycles. The largest absolute Gasteiger partial charge is 0.399 e. The lowest BCUT2D eigenvalue weighted by Gasteiger charge is -2.16. The number of hydrogen-bond acceptors (Lipinski definition) is 2. The summed E-state index contributed by atoms with van der Waals surface area (Å²) >= 11 is 2.07. The average Bonchev–Trinajstić information content (AvgIpc) is 2.97. The fourth-order valence-corrected chi connectivity index (χ4v) is 2.94. The minimum absolute atomic E-state index is 0.475. The monoisotopic (exact) mass is 221 g/mol. The molecule has 0 heterocycles. The van der Waals surface area contributed by atoms with Crippen LogP contribution in [0.4, 0.5) is 5.69 Å². The molecule has 0 saturated heterocycles. The first kappa shape index (κ1) is 10.9. The Bertz CT molecular complexity index is 325. The van der Waals surface area contributed by atoms with E-state index in [4.69, 9.17) is 5.73 Å². The highest BCUT2D eigenvalue weighted by molar-refractivity contribution is 7.99. The maximum atomic E-state index is 5.71. The molecule has 0 bridgehead atoms. The number of anilines is 1. The summed E-state index contributed by atoms with van der Waals surface area (Å²) in [7, 11) is 0. The van der Waals surface area contributed by atoms with Gasteiger partial charge in [0.25, 0.3) is 0 Å².